The zero-order valence-corrected chi connectivity index (χ0v) is 22.3. The van der Waals surface area contributed by atoms with E-state index in [4.69, 9.17) is 9.47 Å². The first-order chi connectivity index (χ1) is 16.9. The molecular weight excluding hydrogens is 465 g/mol. The lowest BCUT2D eigenvalue weighted by molar-refractivity contribution is 0.0573. The molecule has 1 amide bonds. The van der Waals surface area contributed by atoms with E-state index in [0.29, 0.717) is 42.1 Å². The maximum Gasteiger partial charge on any atom is 0.254 e. The number of methoxy groups -OCH3 is 1. The molecule has 0 aliphatic carbocycles. The minimum Gasteiger partial charge on any atom is -0.493 e. The Hall–Kier alpha value is -2.29. The molecule has 0 spiro atoms. The van der Waals surface area contributed by atoms with Crippen LogP contribution in [0.4, 0.5) is 10.1 Å². The van der Waals surface area contributed by atoms with E-state index in [1.54, 1.807) is 43.3 Å². The summed E-state index contributed by atoms with van der Waals surface area (Å²) < 4.78 is 28.2. The van der Waals surface area contributed by atoms with Gasteiger partial charge in [-0.1, -0.05) is 11.9 Å². The lowest BCUT2D eigenvalue weighted by atomic mass is 9.99. The number of anilines is 1. The number of nitrogens with zero attached hydrogens (tertiary/aromatic N) is 2. The van der Waals surface area contributed by atoms with Crippen molar-refractivity contribution >= 4 is 23.5 Å². The molecule has 35 heavy (non-hydrogen) atoms. The van der Waals surface area contributed by atoms with Crippen LogP contribution in [0.15, 0.2) is 36.4 Å². The highest BCUT2D eigenvalue weighted by atomic mass is 32.2. The molecule has 0 bridgehead atoms. The Morgan fingerprint density at radius 1 is 1.20 bits per heavy atom. The third kappa shape index (κ3) is 6.90. The van der Waals surface area contributed by atoms with Crippen LogP contribution in [0, 0.1) is 5.82 Å². The average Bonchev–Trinajstić information content (AvgIpc) is 2.87. The van der Waals surface area contributed by atoms with Crippen LogP contribution >= 0.6 is 11.9 Å². The molecule has 0 radical (unpaired) electrons. The fourth-order valence-electron chi connectivity index (χ4n) is 4.45. The summed E-state index contributed by atoms with van der Waals surface area (Å²) in [6.45, 7) is 6.85. The highest BCUT2D eigenvalue weighted by Crippen LogP contribution is 2.36. The molecule has 0 unspecified atom stereocenters. The summed E-state index contributed by atoms with van der Waals surface area (Å²) in [5, 5.41) is 3.41. The molecule has 2 aromatic carbocycles. The van der Waals surface area contributed by atoms with Gasteiger partial charge in [0.25, 0.3) is 5.91 Å². The van der Waals surface area contributed by atoms with Gasteiger partial charge in [0, 0.05) is 74.4 Å². The monoisotopic (exact) mass is 503 g/mol. The van der Waals surface area contributed by atoms with E-state index in [1.165, 1.54) is 6.07 Å². The Kier molecular flexibility index (Phi) is 10.2. The fourth-order valence-corrected chi connectivity index (χ4v) is 4.77. The van der Waals surface area contributed by atoms with Crippen molar-refractivity contribution in [1.29, 1.82) is 0 Å². The zero-order valence-electron chi connectivity index (χ0n) is 21.5. The number of benzene rings is 2. The van der Waals surface area contributed by atoms with Crippen LogP contribution in [0.25, 0.3) is 11.1 Å². The third-order valence-corrected chi connectivity index (χ3v) is 7.07. The first-order valence-corrected chi connectivity index (χ1v) is 13.4. The Labute approximate surface area is 213 Å². The first kappa shape index (κ1) is 27.3. The molecule has 0 saturated carbocycles. The van der Waals surface area contributed by atoms with Crippen LogP contribution in [0.5, 0.6) is 5.75 Å². The summed E-state index contributed by atoms with van der Waals surface area (Å²) >= 11 is 1.55. The standard InChI is InChI=1S/C27H38FN3O3S/c1-19(2)31(22-8-6-13-29-18-22)27(32)20-9-11-23(26(16-20)34-15-7-14-33-4)24-17-21(30(3)35-5)10-12-25(24)28/h9-12,16-17,19,22,29H,6-8,13-15,18H2,1-5H3/t22-/m1/s1. The number of rotatable bonds is 11. The van der Waals surface area contributed by atoms with Crippen LogP contribution in [0.3, 0.4) is 0 Å². The van der Waals surface area contributed by atoms with Gasteiger partial charge in [-0.15, -0.1) is 0 Å². The van der Waals surface area contributed by atoms with Crippen LogP contribution in [-0.2, 0) is 4.74 Å². The second kappa shape index (κ2) is 13.1. The Balaban J connectivity index is 1.99. The summed E-state index contributed by atoms with van der Waals surface area (Å²) in [5.41, 5.74) is 2.51. The van der Waals surface area contributed by atoms with Gasteiger partial charge in [0.1, 0.15) is 11.6 Å². The molecular formula is C27H38FN3O3S. The van der Waals surface area contributed by atoms with Crippen molar-refractivity contribution in [1.82, 2.24) is 10.2 Å². The number of amides is 1. The molecule has 1 aliphatic heterocycles. The molecule has 8 heteroatoms. The normalized spacial score (nSPS) is 15.8. The quantitative estimate of drug-likeness (QED) is 0.335. The van der Waals surface area contributed by atoms with E-state index in [9.17, 15) is 9.18 Å². The number of piperidine rings is 1. The first-order valence-electron chi connectivity index (χ1n) is 12.2. The van der Waals surface area contributed by atoms with Crippen molar-refractivity contribution in [2.45, 2.75) is 45.2 Å². The van der Waals surface area contributed by atoms with Gasteiger partial charge < -0.3 is 24.0 Å². The molecule has 1 fully saturated rings. The molecule has 3 rings (SSSR count). The van der Waals surface area contributed by atoms with E-state index in [0.717, 1.165) is 31.6 Å². The second-order valence-corrected chi connectivity index (χ2v) is 9.97. The third-order valence-electron chi connectivity index (χ3n) is 6.31. The number of nitrogens with one attached hydrogen (secondary N) is 1. The molecule has 0 aromatic heterocycles. The number of ether oxygens (including phenoxy) is 2. The highest BCUT2D eigenvalue weighted by molar-refractivity contribution is 7.99. The topological polar surface area (TPSA) is 54.0 Å². The predicted molar refractivity (Wildman–Crippen MR) is 143 cm³/mol. The molecule has 2 aromatic rings. The van der Waals surface area contributed by atoms with E-state index < -0.39 is 0 Å². The molecule has 1 saturated heterocycles. The second-order valence-electron chi connectivity index (χ2n) is 9.06. The minimum absolute atomic E-state index is 0.0293. The summed E-state index contributed by atoms with van der Waals surface area (Å²) in [4.78, 5) is 15.6. The van der Waals surface area contributed by atoms with Crippen molar-refractivity contribution in [3.63, 3.8) is 0 Å². The van der Waals surface area contributed by atoms with E-state index >= 15 is 0 Å². The smallest absolute Gasteiger partial charge is 0.254 e. The summed E-state index contributed by atoms with van der Waals surface area (Å²) in [7, 11) is 3.58. The maximum absolute atomic E-state index is 15.0. The summed E-state index contributed by atoms with van der Waals surface area (Å²) in [6, 6.07) is 10.6. The van der Waals surface area contributed by atoms with E-state index in [1.807, 2.05) is 42.4 Å². The van der Waals surface area contributed by atoms with Crippen molar-refractivity contribution in [3.05, 3.63) is 47.8 Å². The van der Waals surface area contributed by atoms with Crippen LogP contribution in [-0.4, -0.2) is 69.6 Å². The van der Waals surface area contributed by atoms with Crippen molar-refractivity contribution in [2.75, 3.05) is 51.0 Å². The van der Waals surface area contributed by atoms with Gasteiger partial charge in [-0.05, 0) is 69.6 Å². The number of carbonyl (C=O) groups is 1. The molecule has 6 nitrogen and oxygen atoms in total. The highest BCUT2D eigenvalue weighted by Gasteiger charge is 2.29. The largest absolute Gasteiger partial charge is 0.493 e. The molecule has 192 valence electrons. The average molecular weight is 504 g/mol. The van der Waals surface area contributed by atoms with Crippen LogP contribution < -0.4 is 14.4 Å². The van der Waals surface area contributed by atoms with E-state index in [2.05, 4.69) is 5.32 Å². The lowest BCUT2D eigenvalue weighted by Gasteiger charge is -2.37. The number of hydrogen-bond acceptors (Lipinski definition) is 6. The Bertz CT molecular complexity index is 982. The van der Waals surface area contributed by atoms with Gasteiger partial charge in [-0.3, -0.25) is 4.79 Å². The fraction of sp³-hybridized carbons (Fsp3) is 0.519. The van der Waals surface area contributed by atoms with Gasteiger partial charge in [0.15, 0.2) is 0 Å². The molecule has 1 heterocycles. The molecule has 1 aliphatic rings. The van der Waals surface area contributed by atoms with Gasteiger partial charge >= 0.3 is 0 Å². The van der Waals surface area contributed by atoms with Crippen LogP contribution in [0.2, 0.25) is 0 Å². The Morgan fingerprint density at radius 2 is 2.00 bits per heavy atom. The van der Waals surface area contributed by atoms with Crippen molar-refractivity contribution in [3.8, 4) is 16.9 Å². The summed E-state index contributed by atoms with van der Waals surface area (Å²) in [6.07, 6.45) is 4.69. The number of carbonyl (C=O) groups excluding carboxylic acids is 1. The number of halogens is 1. The zero-order chi connectivity index (χ0) is 25.4. The Morgan fingerprint density at radius 3 is 2.66 bits per heavy atom. The predicted octanol–water partition coefficient (Wildman–Crippen LogP) is 5.22. The SMILES string of the molecule is COCCCOc1cc(C(=O)N(C(C)C)[C@@H]2CCCNC2)ccc1-c1cc(N(C)SC)ccc1F. The molecule has 1 atom stereocenters. The van der Waals surface area contributed by atoms with Gasteiger partial charge in [-0.25, -0.2) is 4.39 Å². The summed E-state index contributed by atoms with van der Waals surface area (Å²) in [5.74, 6) is 0.139. The van der Waals surface area contributed by atoms with Gasteiger partial charge in [0.2, 0.25) is 0 Å². The van der Waals surface area contributed by atoms with E-state index in [-0.39, 0.29) is 23.8 Å². The van der Waals surface area contributed by atoms with Crippen molar-refractivity contribution in [2.24, 2.45) is 0 Å². The minimum atomic E-state index is -0.332. The maximum atomic E-state index is 15.0. The molecule has 1 N–H and O–H groups in total. The van der Waals surface area contributed by atoms with Crippen molar-refractivity contribution < 1.29 is 18.7 Å². The lowest BCUT2D eigenvalue weighted by Crippen LogP contribution is -2.51. The number of hydrogen-bond donors (Lipinski definition) is 1. The van der Waals surface area contributed by atoms with Gasteiger partial charge in [-0.2, -0.15) is 0 Å². The van der Waals surface area contributed by atoms with Crippen LogP contribution in [0.1, 0.15) is 43.5 Å². The van der Waals surface area contributed by atoms with Gasteiger partial charge in [0.05, 0.1) is 6.61 Å².